The van der Waals surface area contributed by atoms with Crippen LogP contribution in [0.4, 0.5) is 17.1 Å². The van der Waals surface area contributed by atoms with Gasteiger partial charge in [0, 0.05) is 44.1 Å². The number of hydrogen-bond acceptors (Lipinski definition) is 2. The molecular formula is C59H41NO. The second kappa shape index (κ2) is 13.7. The van der Waals surface area contributed by atoms with Crippen molar-refractivity contribution in [1.29, 1.82) is 0 Å². The number of para-hydroxylation sites is 2. The lowest BCUT2D eigenvalue weighted by Crippen LogP contribution is -2.16. The molecule has 11 aromatic rings. The lowest BCUT2D eigenvalue weighted by Gasteiger charge is -2.30. The first-order chi connectivity index (χ1) is 30.0. The van der Waals surface area contributed by atoms with Gasteiger partial charge in [0.05, 0.1) is 5.69 Å². The molecule has 61 heavy (non-hydrogen) atoms. The third-order valence-corrected chi connectivity index (χ3v) is 13.1. The Kier molecular flexibility index (Phi) is 7.92. The topological polar surface area (TPSA) is 16.4 Å². The van der Waals surface area contributed by atoms with Crippen LogP contribution in [0, 0.1) is 0 Å². The SMILES string of the molecule is CC1(C)c2ccccc2-c2ccc(N(c3ccc(-c4cccc(-c5ccc6ccccc6c5)c4)cc3)c3ccccc3-c3cccc4c3oc3c5ccccc5ccc43)cc21. The molecule has 12 rings (SSSR count). The molecular weight excluding hydrogens is 739 g/mol. The zero-order valence-electron chi connectivity index (χ0n) is 34.1. The van der Waals surface area contributed by atoms with E-state index in [0.29, 0.717) is 0 Å². The van der Waals surface area contributed by atoms with Crippen molar-refractivity contribution in [2.24, 2.45) is 0 Å². The van der Waals surface area contributed by atoms with E-state index in [1.54, 1.807) is 0 Å². The van der Waals surface area contributed by atoms with Gasteiger partial charge in [-0.25, -0.2) is 0 Å². The van der Waals surface area contributed by atoms with E-state index in [0.717, 1.165) is 55.5 Å². The van der Waals surface area contributed by atoms with Crippen molar-refractivity contribution < 1.29 is 4.42 Å². The number of anilines is 3. The number of rotatable bonds is 6. The van der Waals surface area contributed by atoms with Gasteiger partial charge in [0.25, 0.3) is 0 Å². The van der Waals surface area contributed by atoms with Crippen LogP contribution < -0.4 is 4.90 Å². The molecule has 288 valence electrons. The van der Waals surface area contributed by atoms with Gasteiger partial charge in [-0.3, -0.25) is 0 Å². The van der Waals surface area contributed by atoms with E-state index < -0.39 is 0 Å². The van der Waals surface area contributed by atoms with Crippen molar-refractivity contribution >= 4 is 60.5 Å². The highest BCUT2D eigenvalue weighted by atomic mass is 16.3. The van der Waals surface area contributed by atoms with Crippen molar-refractivity contribution in [3.63, 3.8) is 0 Å². The minimum atomic E-state index is -0.143. The van der Waals surface area contributed by atoms with Gasteiger partial charge in [-0.05, 0) is 109 Å². The summed E-state index contributed by atoms with van der Waals surface area (Å²) in [6.07, 6.45) is 0. The summed E-state index contributed by atoms with van der Waals surface area (Å²) in [5.74, 6) is 0. The molecule has 2 nitrogen and oxygen atoms in total. The number of fused-ring (bicyclic) bond motifs is 9. The summed E-state index contributed by atoms with van der Waals surface area (Å²) in [5.41, 5.74) is 17.2. The Bertz CT molecular complexity index is 3520. The van der Waals surface area contributed by atoms with E-state index in [-0.39, 0.29) is 5.41 Å². The average Bonchev–Trinajstić information content (AvgIpc) is 3.82. The fourth-order valence-electron chi connectivity index (χ4n) is 9.94. The van der Waals surface area contributed by atoms with Gasteiger partial charge in [0.1, 0.15) is 11.2 Å². The molecule has 0 atom stereocenters. The van der Waals surface area contributed by atoms with Gasteiger partial charge in [-0.15, -0.1) is 0 Å². The van der Waals surface area contributed by atoms with Crippen molar-refractivity contribution in [2.75, 3.05) is 4.90 Å². The number of furan rings is 1. The first kappa shape index (κ1) is 35.3. The number of nitrogens with zero attached hydrogens (tertiary/aromatic N) is 1. The molecule has 0 aliphatic heterocycles. The molecule has 10 aromatic carbocycles. The summed E-state index contributed by atoms with van der Waals surface area (Å²) < 4.78 is 6.93. The molecule has 1 aliphatic rings. The molecule has 0 fully saturated rings. The fourth-order valence-corrected chi connectivity index (χ4v) is 9.94. The Morgan fingerprint density at radius 2 is 0.934 bits per heavy atom. The maximum atomic E-state index is 6.93. The summed E-state index contributed by atoms with van der Waals surface area (Å²) >= 11 is 0. The Morgan fingerprint density at radius 3 is 1.80 bits per heavy atom. The Labute approximate surface area is 355 Å². The van der Waals surface area contributed by atoms with Gasteiger partial charge in [-0.2, -0.15) is 0 Å². The van der Waals surface area contributed by atoms with E-state index in [4.69, 9.17) is 4.42 Å². The molecule has 1 aliphatic carbocycles. The number of benzene rings is 10. The summed E-state index contributed by atoms with van der Waals surface area (Å²) in [7, 11) is 0. The van der Waals surface area contributed by atoms with E-state index >= 15 is 0 Å². The highest BCUT2D eigenvalue weighted by Crippen LogP contribution is 2.52. The first-order valence-corrected chi connectivity index (χ1v) is 21.2. The van der Waals surface area contributed by atoms with Gasteiger partial charge in [0.2, 0.25) is 0 Å². The lowest BCUT2D eigenvalue weighted by molar-refractivity contribution is 0.660. The Hall–Kier alpha value is -7.68. The quantitative estimate of drug-likeness (QED) is 0.167. The van der Waals surface area contributed by atoms with Crippen LogP contribution in [-0.4, -0.2) is 0 Å². The van der Waals surface area contributed by atoms with Gasteiger partial charge in [-0.1, -0.05) is 178 Å². The van der Waals surface area contributed by atoms with Crippen molar-refractivity contribution in [3.8, 4) is 44.5 Å². The van der Waals surface area contributed by atoms with Crippen LogP contribution >= 0.6 is 0 Å². The van der Waals surface area contributed by atoms with Crippen LogP contribution in [0.3, 0.4) is 0 Å². The second-order valence-electron chi connectivity index (χ2n) is 16.9. The van der Waals surface area contributed by atoms with Crippen LogP contribution in [0.1, 0.15) is 25.0 Å². The molecule has 1 aromatic heterocycles. The predicted molar refractivity (Wildman–Crippen MR) is 257 cm³/mol. The zero-order valence-corrected chi connectivity index (χ0v) is 34.1. The summed E-state index contributed by atoms with van der Waals surface area (Å²) in [5, 5.41) is 7.05. The van der Waals surface area contributed by atoms with Crippen LogP contribution in [0.2, 0.25) is 0 Å². The van der Waals surface area contributed by atoms with Crippen molar-refractivity contribution in [3.05, 3.63) is 223 Å². The van der Waals surface area contributed by atoms with Crippen molar-refractivity contribution in [1.82, 2.24) is 0 Å². The first-order valence-electron chi connectivity index (χ1n) is 21.2. The van der Waals surface area contributed by atoms with Gasteiger partial charge < -0.3 is 9.32 Å². The molecule has 0 spiro atoms. The van der Waals surface area contributed by atoms with E-state index in [1.165, 1.54) is 60.7 Å². The van der Waals surface area contributed by atoms with Crippen molar-refractivity contribution in [2.45, 2.75) is 19.3 Å². The normalized spacial score (nSPS) is 12.9. The molecule has 2 heteroatoms. The maximum absolute atomic E-state index is 6.93. The molecule has 0 saturated heterocycles. The molecule has 1 heterocycles. The standard InChI is InChI=1S/C59H41NO/c1-59(2)54-23-9-7-19-48(54)49-34-32-46(37-55(49)59)60(45-30-27-39(28-31-45)42-16-11-17-43(35-42)44-26-25-38-13-3-4-15-41(38)36-44)56-24-10-8-20-50(56)51-21-12-22-52-53-33-29-40-14-5-6-18-47(40)57(53)61-58(51)52/h3-37H,1-2H3. The van der Waals surface area contributed by atoms with Gasteiger partial charge >= 0.3 is 0 Å². The van der Waals surface area contributed by atoms with Crippen LogP contribution in [-0.2, 0) is 5.41 Å². The number of hydrogen-bond donors (Lipinski definition) is 0. The summed E-state index contributed by atoms with van der Waals surface area (Å²) in [6.45, 7) is 4.71. The molecule has 0 saturated carbocycles. The highest BCUT2D eigenvalue weighted by Gasteiger charge is 2.36. The van der Waals surface area contributed by atoms with Crippen LogP contribution in [0.5, 0.6) is 0 Å². The smallest absolute Gasteiger partial charge is 0.143 e. The van der Waals surface area contributed by atoms with Crippen LogP contribution in [0.15, 0.2) is 217 Å². The summed E-state index contributed by atoms with van der Waals surface area (Å²) in [4.78, 5) is 2.43. The minimum absolute atomic E-state index is 0.143. The third kappa shape index (κ3) is 5.64. The molecule has 0 amide bonds. The van der Waals surface area contributed by atoms with E-state index in [9.17, 15) is 0 Å². The third-order valence-electron chi connectivity index (χ3n) is 13.1. The molecule has 0 radical (unpaired) electrons. The average molecular weight is 780 g/mol. The largest absolute Gasteiger partial charge is 0.455 e. The summed E-state index contributed by atoms with van der Waals surface area (Å²) in [6, 6.07) is 77.4. The molecule has 0 unspecified atom stereocenters. The lowest BCUT2D eigenvalue weighted by atomic mass is 9.82. The zero-order chi connectivity index (χ0) is 40.7. The maximum Gasteiger partial charge on any atom is 0.143 e. The predicted octanol–water partition coefficient (Wildman–Crippen LogP) is 16.7. The monoisotopic (exact) mass is 779 g/mol. The molecule has 0 bridgehead atoms. The second-order valence-corrected chi connectivity index (χ2v) is 16.9. The Balaban J connectivity index is 1.01. The van der Waals surface area contributed by atoms with E-state index in [1.807, 2.05) is 0 Å². The molecule has 0 N–H and O–H groups in total. The minimum Gasteiger partial charge on any atom is -0.455 e. The van der Waals surface area contributed by atoms with E-state index in [2.05, 4.69) is 231 Å². The highest BCUT2D eigenvalue weighted by molar-refractivity contribution is 6.17. The van der Waals surface area contributed by atoms with Gasteiger partial charge in [0.15, 0.2) is 0 Å². The fraction of sp³-hybridized carbons (Fsp3) is 0.0508. The Morgan fingerprint density at radius 1 is 0.344 bits per heavy atom. The van der Waals surface area contributed by atoms with Crippen LogP contribution in [0.25, 0.3) is 88.0 Å².